The average Bonchev–Trinajstić information content (AvgIpc) is 3.41. The first-order chi connectivity index (χ1) is 37.0. The van der Waals surface area contributed by atoms with Crippen LogP contribution >= 0.6 is 0 Å². The Labute approximate surface area is 464 Å². The van der Waals surface area contributed by atoms with Gasteiger partial charge in [0.25, 0.3) is 0 Å². The number of allylic oxidation sites excluding steroid dienone is 16. The van der Waals surface area contributed by atoms with Gasteiger partial charge in [-0.2, -0.15) is 0 Å². The lowest BCUT2D eigenvalue weighted by molar-refractivity contribution is -0.167. The van der Waals surface area contributed by atoms with E-state index in [1.54, 1.807) is 0 Å². The zero-order valence-corrected chi connectivity index (χ0v) is 49.3. The minimum absolute atomic E-state index is 0.0949. The molecule has 0 saturated heterocycles. The molecule has 6 heteroatoms. The highest BCUT2D eigenvalue weighted by molar-refractivity contribution is 5.71. The molecule has 0 saturated carbocycles. The maximum Gasteiger partial charge on any atom is 0.306 e. The second-order valence-corrected chi connectivity index (χ2v) is 20.9. The van der Waals surface area contributed by atoms with E-state index in [0.29, 0.717) is 12.8 Å². The van der Waals surface area contributed by atoms with Crippen LogP contribution in [0, 0.1) is 0 Å². The molecular weight excluding hydrogens is 925 g/mol. The van der Waals surface area contributed by atoms with Crippen molar-refractivity contribution in [2.75, 3.05) is 13.2 Å². The van der Waals surface area contributed by atoms with Crippen molar-refractivity contribution in [1.29, 1.82) is 0 Å². The predicted molar refractivity (Wildman–Crippen MR) is 325 cm³/mol. The van der Waals surface area contributed by atoms with Crippen molar-refractivity contribution >= 4 is 17.9 Å². The fourth-order valence-electron chi connectivity index (χ4n) is 8.90. The SMILES string of the molecule is CC/C=C\C/C=C\C/C=C\C/C=C\C/C=C\CCCCCC(=O)OC(COC(=O)CCCCCCC/C=C\C/C=C\C/C=C\CC)COC(=O)CCCCCCCCCCCCCCCCCCCCCCCCC. The van der Waals surface area contributed by atoms with Gasteiger partial charge in [0, 0.05) is 19.3 Å². The summed E-state index contributed by atoms with van der Waals surface area (Å²) >= 11 is 0. The third-order valence-corrected chi connectivity index (χ3v) is 13.6. The molecule has 0 bridgehead atoms. The lowest BCUT2D eigenvalue weighted by Crippen LogP contribution is -2.30. The lowest BCUT2D eigenvalue weighted by atomic mass is 10.0. The molecule has 0 aromatic heterocycles. The predicted octanol–water partition coefficient (Wildman–Crippen LogP) is 21.7. The molecule has 0 aromatic rings. The Morgan fingerprint density at radius 1 is 0.280 bits per heavy atom. The molecule has 1 atom stereocenters. The molecule has 0 amide bonds. The molecule has 430 valence electrons. The number of hydrogen-bond acceptors (Lipinski definition) is 6. The van der Waals surface area contributed by atoms with Gasteiger partial charge >= 0.3 is 17.9 Å². The Kier molecular flexibility index (Phi) is 59.8. The van der Waals surface area contributed by atoms with E-state index in [1.807, 2.05) is 0 Å². The van der Waals surface area contributed by atoms with E-state index in [4.69, 9.17) is 14.2 Å². The zero-order valence-electron chi connectivity index (χ0n) is 49.3. The van der Waals surface area contributed by atoms with Gasteiger partial charge in [-0.3, -0.25) is 14.4 Å². The molecule has 0 aliphatic carbocycles. The van der Waals surface area contributed by atoms with Gasteiger partial charge in [-0.1, -0.05) is 285 Å². The molecule has 0 aliphatic heterocycles. The van der Waals surface area contributed by atoms with Crippen molar-refractivity contribution in [2.45, 2.75) is 309 Å². The monoisotopic (exact) mass is 1040 g/mol. The Hall–Kier alpha value is -3.67. The molecule has 75 heavy (non-hydrogen) atoms. The minimum Gasteiger partial charge on any atom is -0.462 e. The van der Waals surface area contributed by atoms with Crippen LogP contribution in [0.1, 0.15) is 303 Å². The summed E-state index contributed by atoms with van der Waals surface area (Å²) in [6, 6.07) is 0. The van der Waals surface area contributed by atoms with Gasteiger partial charge in [-0.15, -0.1) is 0 Å². The molecule has 0 aromatic carbocycles. The first-order valence-electron chi connectivity index (χ1n) is 31.7. The summed E-state index contributed by atoms with van der Waals surface area (Å²) in [6.07, 6.45) is 84.2. The van der Waals surface area contributed by atoms with Crippen molar-refractivity contribution in [3.63, 3.8) is 0 Å². The Morgan fingerprint density at radius 3 is 0.827 bits per heavy atom. The van der Waals surface area contributed by atoms with Crippen molar-refractivity contribution in [2.24, 2.45) is 0 Å². The summed E-state index contributed by atoms with van der Waals surface area (Å²) in [4.78, 5) is 38.3. The van der Waals surface area contributed by atoms with Gasteiger partial charge in [-0.05, 0) is 96.3 Å². The van der Waals surface area contributed by atoms with Crippen molar-refractivity contribution in [3.05, 3.63) is 97.2 Å². The summed E-state index contributed by atoms with van der Waals surface area (Å²) in [5.74, 6) is -0.935. The smallest absolute Gasteiger partial charge is 0.306 e. The Bertz CT molecular complexity index is 1480. The van der Waals surface area contributed by atoms with Gasteiger partial charge < -0.3 is 14.2 Å². The Morgan fingerprint density at radius 2 is 0.520 bits per heavy atom. The largest absolute Gasteiger partial charge is 0.462 e. The van der Waals surface area contributed by atoms with E-state index in [0.717, 1.165) is 135 Å². The highest BCUT2D eigenvalue weighted by Gasteiger charge is 2.19. The van der Waals surface area contributed by atoms with Gasteiger partial charge in [-0.25, -0.2) is 0 Å². The molecule has 0 fully saturated rings. The molecule has 0 heterocycles. The molecule has 0 N–H and O–H groups in total. The van der Waals surface area contributed by atoms with Crippen LogP contribution in [0.2, 0.25) is 0 Å². The van der Waals surface area contributed by atoms with Gasteiger partial charge in [0.2, 0.25) is 0 Å². The topological polar surface area (TPSA) is 78.9 Å². The van der Waals surface area contributed by atoms with Crippen LogP contribution in [0.25, 0.3) is 0 Å². The number of carbonyl (C=O) groups excluding carboxylic acids is 3. The van der Waals surface area contributed by atoms with Crippen molar-refractivity contribution < 1.29 is 28.6 Å². The van der Waals surface area contributed by atoms with E-state index >= 15 is 0 Å². The number of ether oxygens (including phenoxy) is 3. The van der Waals surface area contributed by atoms with Crippen molar-refractivity contribution in [3.8, 4) is 0 Å². The van der Waals surface area contributed by atoms with Crippen LogP contribution in [0.15, 0.2) is 97.2 Å². The third-order valence-electron chi connectivity index (χ3n) is 13.6. The summed E-state index contributed by atoms with van der Waals surface area (Å²) in [5.41, 5.74) is 0. The van der Waals surface area contributed by atoms with Crippen LogP contribution in [0.4, 0.5) is 0 Å². The number of esters is 3. The number of rotatable bonds is 57. The van der Waals surface area contributed by atoms with Gasteiger partial charge in [0.1, 0.15) is 13.2 Å². The summed E-state index contributed by atoms with van der Waals surface area (Å²) in [7, 11) is 0. The summed E-state index contributed by atoms with van der Waals surface area (Å²) in [5, 5.41) is 0. The van der Waals surface area contributed by atoms with Crippen LogP contribution < -0.4 is 0 Å². The highest BCUT2D eigenvalue weighted by atomic mass is 16.6. The van der Waals surface area contributed by atoms with E-state index in [2.05, 4.69) is 118 Å². The molecule has 0 rings (SSSR count). The lowest BCUT2D eigenvalue weighted by Gasteiger charge is -2.18. The maximum absolute atomic E-state index is 12.9. The van der Waals surface area contributed by atoms with Crippen LogP contribution in [0.5, 0.6) is 0 Å². The summed E-state index contributed by atoms with van der Waals surface area (Å²) < 4.78 is 16.9. The second kappa shape index (κ2) is 62.9. The molecule has 0 spiro atoms. The van der Waals surface area contributed by atoms with Gasteiger partial charge in [0.15, 0.2) is 6.10 Å². The maximum atomic E-state index is 12.9. The molecule has 0 aliphatic rings. The first kappa shape index (κ1) is 71.3. The molecule has 0 radical (unpaired) electrons. The molecule has 6 nitrogen and oxygen atoms in total. The molecule has 1 unspecified atom stereocenters. The van der Waals surface area contributed by atoms with Crippen molar-refractivity contribution in [1.82, 2.24) is 0 Å². The molecular formula is C69H118O6. The van der Waals surface area contributed by atoms with Crippen LogP contribution in [0.3, 0.4) is 0 Å². The fraction of sp³-hybridized carbons (Fsp3) is 0.725. The average molecular weight is 1040 g/mol. The highest BCUT2D eigenvalue weighted by Crippen LogP contribution is 2.17. The Balaban J connectivity index is 4.39. The minimum atomic E-state index is -0.803. The first-order valence-corrected chi connectivity index (χ1v) is 31.7. The summed E-state index contributed by atoms with van der Waals surface area (Å²) in [6.45, 7) is 6.41. The van der Waals surface area contributed by atoms with E-state index in [-0.39, 0.29) is 37.5 Å². The number of unbranched alkanes of at least 4 members (excludes halogenated alkanes) is 30. The van der Waals surface area contributed by atoms with Crippen LogP contribution in [-0.2, 0) is 28.6 Å². The zero-order chi connectivity index (χ0) is 54.3. The third kappa shape index (κ3) is 61.1. The quantitative estimate of drug-likeness (QED) is 0.0261. The van der Waals surface area contributed by atoms with E-state index in [9.17, 15) is 14.4 Å². The second-order valence-electron chi connectivity index (χ2n) is 20.9. The van der Waals surface area contributed by atoms with E-state index < -0.39 is 6.10 Å². The standard InChI is InChI=1S/C69H118O6/c1-4-7-10-13-16-19-22-25-28-30-32-33-34-35-37-38-41-44-47-50-53-56-59-62-68(71)74-65-66(64-73-67(70)61-58-55-52-49-46-43-40-27-24-21-18-15-12-9-6-3)75-69(72)63-60-57-54-51-48-45-42-39-36-31-29-26-23-20-17-14-11-8-5-2/h8-9,11-12,17-18,20-21,26-27,29,36,39-40,45,48,66H,4-7,10,13-16,19,22-25,28,30-35,37-38,41-44,46-47,49-65H2,1-3H3/b11-8-,12-9-,20-17-,21-18-,29-26-,39-36-,40-27-,48-45-. The fourth-order valence-corrected chi connectivity index (χ4v) is 8.90. The number of hydrogen-bond donors (Lipinski definition) is 0. The van der Waals surface area contributed by atoms with Gasteiger partial charge in [0.05, 0.1) is 0 Å². The normalized spacial score (nSPS) is 12.7. The van der Waals surface area contributed by atoms with Crippen LogP contribution in [-0.4, -0.2) is 37.2 Å². The van der Waals surface area contributed by atoms with E-state index in [1.165, 1.54) is 128 Å². The number of carbonyl (C=O) groups is 3.